The van der Waals surface area contributed by atoms with Crippen molar-refractivity contribution in [3.8, 4) is 0 Å². The van der Waals surface area contributed by atoms with Gasteiger partial charge in [0.25, 0.3) is 0 Å². The van der Waals surface area contributed by atoms with Crippen molar-refractivity contribution in [3.63, 3.8) is 0 Å². The zero-order chi connectivity index (χ0) is 14.0. The molecule has 2 aromatic rings. The number of hydrazine groups is 1. The van der Waals surface area contributed by atoms with Gasteiger partial charge in [-0.3, -0.25) is 5.43 Å². The molecule has 0 aromatic carbocycles. The number of rotatable bonds is 3. The predicted octanol–water partition coefficient (Wildman–Crippen LogP) is 2.28. The second-order valence-corrected chi connectivity index (χ2v) is 5.26. The molecule has 0 amide bonds. The van der Waals surface area contributed by atoms with Crippen LogP contribution < -0.4 is 11.3 Å². The number of nitrogens with zero attached hydrogens (tertiary/aromatic N) is 4. The highest BCUT2D eigenvalue weighted by Gasteiger charge is 2.11. The quantitative estimate of drug-likeness (QED) is 0.389. The van der Waals surface area contributed by atoms with Gasteiger partial charge in [-0.25, -0.2) is 25.8 Å². The largest absolute Gasteiger partial charge is 0.292 e. The topological polar surface area (TPSA) is 89.6 Å². The maximum absolute atomic E-state index is 6.04. The minimum Gasteiger partial charge on any atom is -0.292 e. The van der Waals surface area contributed by atoms with Crippen molar-refractivity contribution >= 4 is 29.3 Å². The van der Waals surface area contributed by atoms with Crippen LogP contribution in [0.2, 0.25) is 5.02 Å². The van der Waals surface area contributed by atoms with Crippen LogP contribution in [0.5, 0.6) is 0 Å². The lowest BCUT2D eigenvalue weighted by Crippen LogP contribution is -2.10. The van der Waals surface area contributed by atoms with Crippen molar-refractivity contribution in [2.24, 2.45) is 5.84 Å². The van der Waals surface area contributed by atoms with Gasteiger partial charge in [0, 0.05) is 11.4 Å². The van der Waals surface area contributed by atoms with Crippen molar-refractivity contribution in [2.75, 3.05) is 5.43 Å². The van der Waals surface area contributed by atoms with Gasteiger partial charge in [-0.05, 0) is 38.1 Å². The van der Waals surface area contributed by atoms with Gasteiger partial charge in [0.2, 0.25) is 5.95 Å². The second-order valence-electron chi connectivity index (χ2n) is 3.90. The van der Waals surface area contributed by atoms with Gasteiger partial charge < -0.3 is 0 Å². The lowest BCUT2D eigenvalue weighted by atomic mass is 10.2. The Balaban J connectivity index is 2.36. The number of halogens is 1. The van der Waals surface area contributed by atoms with E-state index < -0.39 is 0 Å². The minimum absolute atomic E-state index is 0.299. The van der Waals surface area contributed by atoms with Gasteiger partial charge in [0.1, 0.15) is 5.03 Å². The standard InChI is InChI=1S/C11H13ClN6S/c1-5-6(2)15-11(16-7(5)3)19-9-8(12)4-14-10(17-9)18-13/h4H,13H2,1-3H3,(H,14,17,18). The zero-order valence-electron chi connectivity index (χ0n) is 10.7. The number of hydrogen-bond acceptors (Lipinski definition) is 7. The lowest BCUT2D eigenvalue weighted by molar-refractivity contribution is 0.877. The number of aromatic nitrogens is 4. The lowest BCUT2D eigenvalue weighted by Gasteiger charge is -2.07. The summed E-state index contributed by atoms with van der Waals surface area (Å²) >= 11 is 7.32. The number of aryl methyl sites for hydroxylation is 2. The van der Waals surface area contributed by atoms with Crippen LogP contribution in [0.1, 0.15) is 17.0 Å². The predicted molar refractivity (Wildman–Crippen MR) is 75.2 cm³/mol. The highest BCUT2D eigenvalue weighted by molar-refractivity contribution is 7.99. The molecule has 19 heavy (non-hydrogen) atoms. The fraction of sp³-hybridized carbons (Fsp3) is 0.273. The van der Waals surface area contributed by atoms with E-state index in [2.05, 4.69) is 25.4 Å². The fourth-order valence-electron chi connectivity index (χ4n) is 1.37. The molecule has 0 bridgehead atoms. The number of nitrogens with two attached hydrogens (primary N) is 1. The Morgan fingerprint density at radius 1 is 1.16 bits per heavy atom. The van der Waals surface area contributed by atoms with E-state index in [0.717, 1.165) is 17.0 Å². The van der Waals surface area contributed by atoms with Crippen molar-refractivity contribution in [1.82, 2.24) is 19.9 Å². The van der Waals surface area contributed by atoms with Gasteiger partial charge >= 0.3 is 0 Å². The van der Waals surface area contributed by atoms with E-state index in [9.17, 15) is 0 Å². The zero-order valence-corrected chi connectivity index (χ0v) is 12.3. The third-order valence-corrected chi connectivity index (χ3v) is 3.90. The Morgan fingerprint density at radius 3 is 2.37 bits per heavy atom. The molecule has 0 saturated carbocycles. The molecule has 2 aromatic heterocycles. The van der Waals surface area contributed by atoms with E-state index in [1.165, 1.54) is 18.0 Å². The molecule has 3 N–H and O–H groups in total. The first-order valence-electron chi connectivity index (χ1n) is 5.50. The summed E-state index contributed by atoms with van der Waals surface area (Å²) < 4.78 is 0. The Hall–Kier alpha value is -1.44. The molecule has 0 aliphatic carbocycles. The normalized spacial score (nSPS) is 10.6. The molecule has 100 valence electrons. The maximum atomic E-state index is 6.04. The van der Waals surface area contributed by atoms with Crippen LogP contribution in [0.15, 0.2) is 16.4 Å². The summed E-state index contributed by atoms with van der Waals surface area (Å²) in [5, 5.41) is 1.60. The summed E-state index contributed by atoms with van der Waals surface area (Å²) in [5.41, 5.74) is 5.35. The molecule has 0 radical (unpaired) electrons. The van der Waals surface area contributed by atoms with Crippen LogP contribution in [0, 0.1) is 20.8 Å². The van der Waals surface area contributed by atoms with E-state index in [0.29, 0.717) is 21.2 Å². The first-order valence-corrected chi connectivity index (χ1v) is 6.69. The van der Waals surface area contributed by atoms with Crippen LogP contribution in [-0.4, -0.2) is 19.9 Å². The van der Waals surface area contributed by atoms with Gasteiger partial charge in [-0.1, -0.05) is 11.6 Å². The summed E-state index contributed by atoms with van der Waals surface area (Å²) in [5.74, 6) is 5.57. The molecule has 0 aliphatic heterocycles. The van der Waals surface area contributed by atoms with E-state index >= 15 is 0 Å². The van der Waals surface area contributed by atoms with Crippen LogP contribution >= 0.6 is 23.4 Å². The Kier molecular flexibility index (Phi) is 4.18. The Morgan fingerprint density at radius 2 is 1.79 bits per heavy atom. The Labute approximate surface area is 120 Å². The molecule has 8 heteroatoms. The number of nitrogens with one attached hydrogen (secondary N) is 1. The highest BCUT2D eigenvalue weighted by atomic mass is 35.5. The smallest absolute Gasteiger partial charge is 0.238 e. The van der Waals surface area contributed by atoms with Gasteiger partial charge in [-0.15, -0.1) is 0 Å². The maximum Gasteiger partial charge on any atom is 0.238 e. The first-order chi connectivity index (χ1) is 9.01. The van der Waals surface area contributed by atoms with Crippen LogP contribution in [-0.2, 0) is 0 Å². The average molecular weight is 297 g/mol. The molecule has 2 rings (SSSR count). The van der Waals surface area contributed by atoms with E-state index in [1.54, 1.807) is 0 Å². The Bertz CT molecular complexity index is 595. The third kappa shape index (κ3) is 3.12. The van der Waals surface area contributed by atoms with Crippen molar-refractivity contribution in [3.05, 3.63) is 28.2 Å². The molecule has 0 unspecified atom stereocenters. The third-order valence-electron chi connectivity index (χ3n) is 2.64. The van der Waals surface area contributed by atoms with Gasteiger partial charge in [0.05, 0.1) is 11.2 Å². The molecule has 0 aliphatic rings. The van der Waals surface area contributed by atoms with E-state index in [-0.39, 0.29) is 0 Å². The summed E-state index contributed by atoms with van der Waals surface area (Å²) in [7, 11) is 0. The minimum atomic E-state index is 0.299. The highest BCUT2D eigenvalue weighted by Crippen LogP contribution is 2.30. The number of hydrogen-bond donors (Lipinski definition) is 2. The second kappa shape index (κ2) is 5.68. The molecular weight excluding hydrogens is 284 g/mol. The summed E-state index contributed by atoms with van der Waals surface area (Å²) in [6.07, 6.45) is 1.49. The van der Waals surface area contributed by atoms with Crippen molar-refractivity contribution in [2.45, 2.75) is 31.0 Å². The molecule has 0 fully saturated rings. The summed E-state index contributed by atoms with van der Waals surface area (Å²) in [6.45, 7) is 5.89. The van der Waals surface area contributed by atoms with E-state index in [4.69, 9.17) is 17.4 Å². The van der Waals surface area contributed by atoms with Crippen LogP contribution in [0.25, 0.3) is 0 Å². The molecular formula is C11H13ClN6S. The van der Waals surface area contributed by atoms with Gasteiger partial charge in [0.15, 0.2) is 5.16 Å². The van der Waals surface area contributed by atoms with E-state index in [1.807, 2.05) is 20.8 Å². The van der Waals surface area contributed by atoms with Crippen molar-refractivity contribution < 1.29 is 0 Å². The number of anilines is 1. The van der Waals surface area contributed by atoms with Crippen molar-refractivity contribution in [1.29, 1.82) is 0 Å². The van der Waals surface area contributed by atoms with Gasteiger partial charge in [-0.2, -0.15) is 0 Å². The van der Waals surface area contributed by atoms with Crippen LogP contribution in [0.3, 0.4) is 0 Å². The first kappa shape index (κ1) is 14.0. The molecule has 0 atom stereocenters. The number of nitrogen functional groups attached to an aromatic ring is 1. The molecule has 0 spiro atoms. The van der Waals surface area contributed by atoms with Crippen LogP contribution in [0.4, 0.5) is 5.95 Å². The summed E-state index contributed by atoms with van der Waals surface area (Å²) in [4.78, 5) is 16.9. The average Bonchev–Trinajstić information content (AvgIpc) is 2.38. The fourth-order valence-corrected chi connectivity index (χ4v) is 2.39. The molecule has 2 heterocycles. The SMILES string of the molecule is Cc1nc(Sc2nc(NN)ncc2Cl)nc(C)c1C. The molecule has 6 nitrogen and oxygen atoms in total. The molecule has 0 saturated heterocycles. The summed E-state index contributed by atoms with van der Waals surface area (Å²) in [6, 6.07) is 0. The monoisotopic (exact) mass is 296 g/mol.